The van der Waals surface area contributed by atoms with Crippen LogP contribution in [0.4, 0.5) is 0 Å². The first-order valence-electron chi connectivity index (χ1n) is 9.39. The smallest absolute Gasteiger partial charge is 0.226 e. The van der Waals surface area contributed by atoms with Gasteiger partial charge >= 0.3 is 0 Å². The van der Waals surface area contributed by atoms with E-state index in [9.17, 15) is 0 Å². The van der Waals surface area contributed by atoms with E-state index in [1.165, 1.54) is 39.1 Å². The molecule has 0 amide bonds. The van der Waals surface area contributed by atoms with E-state index in [4.69, 9.17) is 0 Å². The zero-order chi connectivity index (χ0) is 17.9. The van der Waals surface area contributed by atoms with Gasteiger partial charge in [0.2, 0.25) is 0 Å². The van der Waals surface area contributed by atoms with E-state index < -0.39 is 0 Å². The van der Waals surface area contributed by atoms with Crippen molar-refractivity contribution in [1.82, 2.24) is 4.57 Å². The maximum Gasteiger partial charge on any atom is 0.289 e. The molecule has 0 fully saturated rings. The molecule has 2 heterocycles. The van der Waals surface area contributed by atoms with Crippen LogP contribution in [0.2, 0.25) is 0 Å². The summed E-state index contributed by atoms with van der Waals surface area (Å²) in [4.78, 5) is 0. The van der Waals surface area contributed by atoms with E-state index in [1.54, 1.807) is 0 Å². The second kappa shape index (κ2) is 5.45. The highest BCUT2D eigenvalue weighted by atomic mass is 15.2. The quantitative estimate of drug-likeness (QED) is 0.574. The summed E-state index contributed by atoms with van der Waals surface area (Å²) < 4.78 is 4.95. The van der Waals surface area contributed by atoms with E-state index in [0.29, 0.717) is 5.92 Å². The molecule has 0 saturated carbocycles. The topological polar surface area (TPSA) is 8.81 Å². The first-order chi connectivity index (χ1) is 11.8. The molecule has 2 nitrogen and oxygen atoms in total. The highest BCUT2D eigenvalue weighted by Crippen LogP contribution is 2.35. The molecule has 1 aliphatic heterocycles. The van der Waals surface area contributed by atoms with Gasteiger partial charge in [-0.15, -0.1) is 0 Å². The highest BCUT2D eigenvalue weighted by molar-refractivity contribution is 5.80. The van der Waals surface area contributed by atoms with Gasteiger partial charge in [0.05, 0.1) is 19.2 Å². The zero-order valence-electron chi connectivity index (χ0n) is 16.4. The van der Waals surface area contributed by atoms with Gasteiger partial charge in [0.1, 0.15) is 0 Å². The Morgan fingerprint density at radius 2 is 1.88 bits per heavy atom. The lowest BCUT2D eigenvalue weighted by molar-refractivity contribution is -0.677. The number of hydrogen-bond donors (Lipinski definition) is 0. The fourth-order valence-corrected chi connectivity index (χ4v) is 4.48. The lowest BCUT2D eigenvalue weighted by Gasteiger charge is -2.27. The van der Waals surface area contributed by atoms with Gasteiger partial charge in [-0.3, -0.25) is 0 Å². The second-order valence-corrected chi connectivity index (χ2v) is 8.82. The van der Waals surface area contributed by atoms with Crippen LogP contribution in [0.15, 0.2) is 36.4 Å². The molecule has 0 unspecified atom stereocenters. The number of aromatic nitrogens is 2. The Balaban J connectivity index is 2.02. The van der Waals surface area contributed by atoms with Crippen molar-refractivity contribution in [1.29, 1.82) is 0 Å². The third-order valence-corrected chi connectivity index (χ3v) is 5.72. The summed E-state index contributed by atoms with van der Waals surface area (Å²) in [6.07, 6.45) is 1.15. The molecule has 1 aromatic heterocycles. The van der Waals surface area contributed by atoms with E-state index in [2.05, 4.69) is 87.2 Å². The van der Waals surface area contributed by atoms with Crippen LogP contribution in [-0.4, -0.2) is 4.57 Å². The highest BCUT2D eigenvalue weighted by Gasteiger charge is 2.36. The maximum absolute atomic E-state index is 2.56. The Hall–Kier alpha value is -2.09. The fraction of sp³-hybridized carbons (Fsp3) is 0.435. The fourth-order valence-electron chi connectivity index (χ4n) is 4.48. The van der Waals surface area contributed by atoms with Crippen molar-refractivity contribution in [2.45, 2.75) is 53.5 Å². The van der Waals surface area contributed by atoms with Crippen LogP contribution >= 0.6 is 0 Å². The van der Waals surface area contributed by atoms with Crippen LogP contribution in [0.5, 0.6) is 0 Å². The second-order valence-electron chi connectivity index (χ2n) is 8.82. The van der Waals surface area contributed by atoms with Crippen LogP contribution < -0.4 is 4.57 Å². The number of para-hydroxylation sites is 1. The summed E-state index contributed by atoms with van der Waals surface area (Å²) in [5, 5.41) is 0. The van der Waals surface area contributed by atoms with Gasteiger partial charge < -0.3 is 0 Å². The summed E-state index contributed by atoms with van der Waals surface area (Å²) in [5.41, 5.74) is 8.67. The molecular formula is C23H29N2+. The van der Waals surface area contributed by atoms with E-state index in [-0.39, 0.29) is 5.41 Å². The van der Waals surface area contributed by atoms with Crippen molar-refractivity contribution >= 4 is 11.0 Å². The standard InChI is InChI=1S/C23H29N2/c1-15(2)17-10-11-19(16(3)12-17)22-24(6)20-9-7-8-18-13-23(4,5)14-25(22)21(18)20/h7-12,15H,13-14H2,1-6H3/q+1. The van der Waals surface area contributed by atoms with Crippen LogP contribution in [0.25, 0.3) is 22.4 Å². The molecule has 0 saturated heterocycles. The Kier molecular flexibility index (Phi) is 3.57. The summed E-state index contributed by atoms with van der Waals surface area (Å²) in [5.74, 6) is 1.90. The molecule has 2 heteroatoms. The molecule has 0 bridgehead atoms. The van der Waals surface area contributed by atoms with Gasteiger partial charge in [-0.1, -0.05) is 52.0 Å². The largest absolute Gasteiger partial charge is 0.289 e. The Morgan fingerprint density at radius 3 is 2.56 bits per heavy atom. The summed E-state index contributed by atoms with van der Waals surface area (Å²) in [6.45, 7) is 12.6. The number of nitrogens with zero attached hydrogens (tertiary/aromatic N) is 2. The van der Waals surface area contributed by atoms with Crippen LogP contribution in [0.1, 0.15) is 50.3 Å². The van der Waals surface area contributed by atoms with E-state index in [0.717, 1.165) is 13.0 Å². The van der Waals surface area contributed by atoms with Gasteiger partial charge in [0.25, 0.3) is 5.82 Å². The average Bonchev–Trinajstić information content (AvgIpc) is 2.80. The maximum atomic E-state index is 2.56. The molecule has 0 N–H and O–H groups in total. The van der Waals surface area contributed by atoms with Gasteiger partial charge in [0, 0.05) is 11.0 Å². The minimum Gasteiger partial charge on any atom is -0.226 e. The first-order valence-corrected chi connectivity index (χ1v) is 9.39. The number of hydrogen-bond acceptors (Lipinski definition) is 0. The Labute approximate surface area is 151 Å². The molecule has 1 aliphatic rings. The zero-order valence-corrected chi connectivity index (χ0v) is 16.4. The van der Waals surface area contributed by atoms with Crippen molar-refractivity contribution in [2.24, 2.45) is 12.5 Å². The predicted octanol–water partition coefficient (Wildman–Crippen LogP) is 5.15. The summed E-state index contributed by atoms with van der Waals surface area (Å²) in [7, 11) is 2.21. The van der Waals surface area contributed by atoms with E-state index in [1.807, 2.05) is 0 Å². The minimum atomic E-state index is 0.286. The molecule has 0 atom stereocenters. The molecular weight excluding hydrogens is 304 g/mol. The molecule has 4 rings (SSSR count). The van der Waals surface area contributed by atoms with Crippen molar-refractivity contribution in [3.8, 4) is 11.4 Å². The number of benzene rings is 2. The predicted molar refractivity (Wildman–Crippen MR) is 105 cm³/mol. The van der Waals surface area contributed by atoms with Crippen molar-refractivity contribution in [2.75, 3.05) is 0 Å². The van der Waals surface area contributed by atoms with Gasteiger partial charge in [0.15, 0.2) is 11.0 Å². The van der Waals surface area contributed by atoms with Crippen LogP contribution in [0, 0.1) is 12.3 Å². The molecule has 25 heavy (non-hydrogen) atoms. The van der Waals surface area contributed by atoms with Crippen molar-refractivity contribution < 1.29 is 4.57 Å². The lowest BCUT2D eigenvalue weighted by Crippen LogP contribution is -2.47. The Morgan fingerprint density at radius 1 is 1.12 bits per heavy atom. The van der Waals surface area contributed by atoms with Crippen molar-refractivity contribution in [3.63, 3.8) is 0 Å². The first kappa shape index (κ1) is 16.4. The minimum absolute atomic E-state index is 0.286. The van der Waals surface area contributed by atoms with Crippen LogP contribution in [-0.2, 0) is 20.0 Å². The van der Waals surface area contributed by atoms with Gasteiger partial charge in [-0.2, -0.15) is 0 Å². The van der Waals surface area contributed by atoms with E-state index >= 15 is 0 Å². The molecule has 3 aromatic rings. The third-order valence-electron chi connectivity index (χ3n) is 5.72. The lowest BCUT2D eigenvalue weighted by atomic mass is 9.82. The van der Waals surface area contributed by atoms with Gasteiger partial charge in [-0.25, -0.2) is 9.13 Å². The SMILES string of the molecule is Cc1cc(C(C)C)ccc1-c1n(C)c2cccc3c2[n+]1CC(C)(C)C3. The molecule has 0 spiro atoms. The van der Waals surface area contributed by atoms with Gasteiger partial charge in [-0.05, 0) is 42.5 Å². The number of imidazole rings is 1. The Bertz CT molecular complexity index is 973. The van der Waals surface area contributed by atoms with Crippen molar-refractivity contribution in [3.05, 3.63) is 53.1 Å². The third kappa shape index (κ3) is 2.50. The monoisotopic (exact) mass is 333 g/mol. The molecule has 2 aromatic carbocycles. The normalized spacial score (nSPS) is 16.0. The van der Waals surface area contributed by atoms with Crippen LogP contribution in [0.3, 0.4) is 0 Å². The number of rotatable bonds is 2. The summed E-state index contributed by atoms with van der Waals surface area (Å²) in [6, 6.07) is 13.8. The summed E-state index contributed by atoms with van der Waals surface area (Å²) >= 11 is 0. The molecule has 0 aliphatic carbocycles. The average molecular weight is 333 g/mol. The number of aryl methyl sites for hydroxylation is 2. The molecule has 130 valence electrons. The molecule has 0 radical (unpaired) electrons.